The molecular formula is C21H35ClN3RuS2-2. The van der Waals surface area contributed by atoms with Gasteiger partial charge in [0.05, 0.1) is 0 Å². The van der Waals surface area contributed by atoms with Gasteiger partial charge in [-0.05, 0) is 50.0 Å². The van der Waals surface area contributed by atoms with Crippen molar-refractivity contribution in [2.45, 2.75) is 57.5 Å². The minimum atomic E-state index is 0. The van der Waals surface area contributed by atoms with E-state index in [1.807, 2.05) is 49.0 Å². The summed E-state index contributed by atoms with van der Waals surface area (Å²) in [6.45, 7) is 7.91. The van der Waals surface area contributed by atoms with Crippen LogP contribution in [0.5, 0.6) is 0 Å². The number of pyridine rings is 1. The monoisotopic (exact) mass is 530 g/mol. The normalized spacial score (nSPS) is 21.9. The van der Waals surface area contributed by atoms with Crippen LogP contribution in [0, 0.1) is 21.0 Å². The summed E-state index contributed by atoms with van der Waals surface area (Å²) in [5.74, 6) is 0. The Morgan fingerprint density at radius 1 is 1.18 bits per heavy atom. The maximum Gasteiger partial charge on any atom is 0.0270 e. The molecule has 1 saturated heterocycles. The maximum atomic E-state index is 5.44. The number of fused-ring (bicyclic) bond motifs is 1. The fraction of sp³-hybridized carbons (Fsp3) is 0.524. The van der Waals surface area contributed by atoms with E-state index in [2.05, 4.69) is 44.0 Å². The molecule has 0 N–H and O–H groups in total. The third kappa shape index (κ3) is 10.9. The maximum absolute atomic E-state index is 5.44. The fourth-order valence-electron chi connectivity index (χ4n) is 2.98. The van der Waals surface area contributed by atoms with E-state index in [0.717, 1.165) is 24.9 Å². The van der Waals surface area contributed by atoms with Crippen LogP contribution in [0.25, 0.3) is 0 Å². The summed E-state index contributed by atoms with van der Waals surface area (Å²) >= 11 is 3.75. The van der Waals surface area contributed by atoms with Crippen molar-refractivity contribution in [2.24, 2.45) is 0 Å². The van der Waals surface area contributed by atoms with Gasteiger partial charge in [0.2, 0.25) is 0 Å². The van der Waals surface area contributed by atoms with Crippen molar-refractivity contribution in [2.75, 3.05) is 12.5 Å². The van der Waals surface area contributed by atoms with Crippen LogP contribution >= 0.6 is 33.6 Å². The molecule has 1 aromatic heterocycles. The molecule has 0 radical (unpaired) electrons. The SMILES string of the molecule is C=CCC[CH]=[Ru][Cl].CSN1[CH-]N(SC)C2CCCCC21.Cc1ccncc1.[CH3-]. The summed E-state index contributed by atoms with van der Waals surface area (Å²) < 4.78 is 6.98. The molecule has 2 fully saturated rings. The first kappa shape index (κ1) is 28.3. The zero-order chi connectivity index (χ0) is 19.9. The predicted octanol–water partition coefficient (Wildman–Crippen LogP) is 6.42. The van der Waals surface area contributed by atoms with Gasteiger partial charge in [-0.25, -0.2) is 0 Å². The number of aryl methyl sites for hydroxylation is 1. The zero-order valence-corrected chi connectivity index (χ0v) is 21.7. The van der Waals surface area contributed by atoms with Gasteiger partial charge in [0.1, 0.15) is 0 Å². The molecule has 0 amide bonds. The van der Waals surface area contributed by atoms with E-state index in [0.29, 0.717) is 0 Å². The van der Waals surface area contributed by atoms with Crippen LogP contribution < -0.4 is 0 Å². The molecular weight excluding hydrogens is 495 g/mol. The number of rotatable bonds is 5. The van der Waals surface area contributed by atoms with E-state index in [1.165, 1.54) is 31.2 Å². The summed E-state index contributed by atoms with van der Waals surface area (Å²) in [4.78, 5) is 3.85. The van der Waals surface area contributed by atoms with Crippen LogP contribution in [-0.4, -0.2) is 42.8 Å². The first-order valence-corrected chi connectivity index (χ1v) is 14.8. The molecule has 1 aliphatic heterocycles. The Balaban J connectivity index is 0.000000419. The molecule has 0 bridgehead atoms. The van der Waals surface area contributed by atoms with Gasteiger partial charge in [0.15, 0.2) is 0 Å². The van der Waals surface area contributed by atoms with Gasteiger partial charge in [-0.15, -0.1) is 23.9 Å². The number of halogens is 1. The molecule has 1 aromatic rings. The summed E-state index contributed by atoms with van der Waals surface area (Å²) in [5.41, 5.74) is 1.26. The van der Waals surface area contributed by atoms with Crippen LogP contribution in [0.15, 0.2) is 37.2 Å². The number of allylic oxidation sites excluding steroid dienone is 1. The van der Waals surface area contributed by atoms with E-state index >= 15 is 0 Å². The number of hydrogen-bond acceptors (Lipinski definition) is 5. The Morgan fingerprint density at radius 2 is 1.71 bits per heavy atom. The van der Waals surface area contributed by atoms with Gasteiger partial charge < -0.3 is 16.0 Å². The second-order valence-electron chi connectivity index (χ2n) is 6.23. The Hall–Kier alpha value is 0.293. The molecule has 1 aliphatic carbocycles. The summed E-state index contributed by atoms with van der Waals surface area (Å²) in [6.07, 6.45) is 17.6. The third-order valence-corrected chi connectivity index (χ3v) is 7.36. The first-order valence-electron chi connectivity index (χ1n) is 9.19. The average molecular weight is 530 g/mol. The quantitative estimate of drug-likeness (QED) is 0.144. The molecule has 2 aliphatic rings. The minimum absolute atomic E-state index is 0. The third-order valence-electron chi connectivity index (χ3n) is 4.37. The Morgan fingerprint density at radius 3 is 2.07 bits per heavy atom. The van der Waals surface area contributed by atoms with Crippen LogP contribution in [0.4, 0.5) is 0 Å². The minimum Gasteiger partial charge on any atom is -0.383 e. The van der Waals surface area contributed by atoms with Crippen molar-refractivity contribution in [3.63, 3.8) is 0 Å². The summed E-state index contributed by atoms with van der Waals surface area (Å²) in [5, 5.41) is 0. The van der Waals surface area contributed by atoms with Gasteiger partial charge >= 0.3 is 55.5 Å². The van der Waals surface area contributed by atoms with Crippen molar-refractivity contribution in [3.05, 3.63) is 56.8 Å². The molecule has 163 valence electrons. The van der Waals surface area contributed by atoms with E-state index in [1.54, 1.807) is 12.4 Å². The topological polar surface area (TPSA) is 19.4 Å². The van der Waals surface area contributed by atoms with Crippen molar-refractivity contribution in [3.8, 4) is 0 Å². The van der Waals surface area contributed by atoms with Gasteiger partial charge in [0.25, 0.3) is 0 Å². The number of hydrogen-bond donors (Lipinski definition) is 0. The van der Waals surface area contributed by atoms with Crippen molar-refractivity contribution < 1.29 is 15.7 Å². The second-order valence-corrected chi connectivity index (χ2v) is 9.81. The van der Waals surface area contributed by atoms with Gasteiger partial charge in [-0.2, -0.15) is 6.67 Å². The molecule has 2 unspecified atom stereocenters. The largest absolute Gasteiger partial charge is 0.383 e. The molecule has 2 heterocycles. The second kappa shape index (κ2) is 18.1. The standard InChI is InChI=1S/C9H17N2S2.C6H7N.C5H8.CH3.ClH.Ru/c1-12-10-7-11(13-2)9-6-4-3-5-8(9)10;1-6-2-4-7-5-3-6;1-3-5-4-2;;;/h7-9H,3-6H2,1-2H3;2-5H,1H3;1,4H,2-3,5H2;1H3;1H;/q-1;;;-1;;+1/p-1. The molecule has 3 rings (SSSR count). The van der Waals surface area contributed by atoms with Crippen LogP contribution in [-0.2, 0) is 15.7 Å². The summed E-state index contributed by atoms with van der Waals surface area (Å²) in [7, 11) is 5.44. The Labute approximate surface area is 193 Å². The Kier molecular flexibility index (Phi) is 18.3. The Bertz CT molecular complexity index is 516. The van der Waals surface area contributed by atoms with Crippen molar-refractivity contribution in [1.82, 2.24) is 13.6 Å². The van der Waals surface area contributed by atoms with Crippen molar-refractivity contribution in [1.29, 1.82) is 0 Å². The number of aromatic nitrogens is 1. The molecule has 0 spiro atoms. The van der Waals surface area contributed by atoms with E-state index < -0.39 is 0 Å². The van der Waals surface area contributed by atoms with Crippen LogP contribution in [0.1, 0.15) is 44.1 Å². The molecule has 3 nitrogen and oxygen atoms in total. The first-order chi connectivity index (χ1) is 13.2. The van der Waals surface area contributed by atoms with Gasteiger partial charge in [-0.1, -0.05) is 12.8 Å². The van der Waals surface area contributed by atoms with E-state index in [9.17, 15) is 0 Å². The number of unbranched alkanes of at least 4 members (excludes halogenated alkanes) is 1. The van der Waals surface area contributed by atoms with Gasteiger partial charge in [0, 0.05) is 24.5 Å². The van der Waals surface area contributed by atoms with Gasteiger partial charge in [-0.3, -0.25) is 4.98 Å². The smallest absolute Gasteiger partial charge is 0.0270 e. The van der Waals surface area contributed by atoms with Crippen LogP contribution in [0.2, 0.25) is 0 Å². The van der Waals surface area contributed by atoms with Crippen molar-refractivity contribution >= 4 is 38.2 Å². The number of nitrogens with zero attached hydrogens (tertiary/aromatic N) is 3. The predicted molar refractivity (Wildman–Crippen MR) is 128 cm³/mol. The van der Waals surface area contributed by atoms with E-state index in [-0.39, 0.29) is 23.1 Å². The average Bonchev–Trinajstić information content (AvgIpc) is 3.08. The fourth-order valence-corrected chi connectivity index (χ4v) is 5.40. The molecule has 7 heteroatoms. The molecule has 2 atom stereocenters. The summed E-state index contributed by atoms with van der Waals surface area (Å²) in [6, 6.07) is 5.49. The van der Waals surface area contributed by atoms with E-state index in [4.69, 9.17) is 9.69 Å². The molecule has 0 aromatic carbocycles. The zero-order valence-electron chi connectivity index (χ0n) is 17.5. The molecule has 28 heavy (non-hydrogen) atoms. The molecule has 1 saturated carbocycles. The van der Waals surface area contributed by atoms with Crippen LogP contribution in [0.3, 0.4) is 0 Å².